The molecule has 5 heteroatoms. The predicted molar refractivity (Wildman–Crippen MR) is 78.9 cm³/mol. The summed E-state index contributed by atoms with van der Waals surface area (Å²) in [5, 5.41) is 9.27. The summed E-state index contributed by atoms with van der Waals surface area (Å²) in [6.07, 6.45) is 0. The summed E-state index contributed by atoms with van der Waals surface area (Å²) < 4.78 is 5.10. The lowest BCUT2D eigenvalue weighted by atomic mass is 10.1. The molecule has 0 saturated heterocycles. The molecule has 2 rings (SSSR count). The van der Waals surface area contributed by atoms with Gasteiger partial charge in [-0.3, -0.25) is 0 Å². The van der Waals surface area contributed by atoms with Crippen molar-refractivity contribution < 1.29 is 14.6 Å². The number of carboxylic acid groups (broad SMARTS) is 1. The minimum absolute atomic E-state index is 0.170. The molecule has 0 bridgehead atoms. The van der Waals surface area contributed by atoms with Crippen molar-refractivity contribution in [1.82, 2.24) is 0 Å². The predicted octanol–water partition coefficient (Wildman–Crippen LogP) is 2.74. The van der Waals surface area contributed by atoms with Gasteiger partial charge in [0.15, 0.2) is 0 Å². The van der Waals surface area contributed by atoms with E-state index >= 15 is 0 Å². The van der Waals surface area contributed by atoms with Crippen LogP contribution in [-0.4, -0.2) is 25.2 Å². The zero-order valence-corrected chi connectivity index (χ0v) is 11.3. The monoisotopic (exact) mass is 272 g/mol. The average Bonchev–Trinajstić information content (AvgIpc) is 2.46. The van der Waals surface area contributed by atoms with Crippen LogP contribution < -0.4 is 15.4 Å². The Balaban J connectivity index is 2.46. The molecular weight excluding hydrogens is 256 g/mol. The second kappa shape index (κ2) is 5.52. The SMILES string of the molecule is COc1ccc(N(C)c2c(N)cccc2C(=O)O)cc1. The van der Waals surface area contributed by atoms with Crippen LogP contribution in [0.1, 0.15) is 10.4 Å². The van der Waals surface area contributed by atoms with E-state index in [-0.39, 0.29) is 5.56 Å². The Hall–Kier alpha value is -2.69. The first kappa shape index (κ1) is 13.7. The van der Waals surface area contributed by atoms with E-state index < -0.39 is 5.97 Å². The second-order valence-corrected chi connectivity index (χ2v) is 4.31. The van der Waals surface area contributed by atoms with Crippen molar-refractivity contribution in [1.29, 1.82) is 0 Å². The number of benzene rings is 2. The van der Waals surface area contributed by atoms with Gasteiger partial charge in [0.2, 0.25) is 0 Å². The van der Waals surface area contributed by atoms with Crippen LogP contribution in [0, 0.1) is 0 Å². The van der Waals surface area contributed by atoms with E-state index in [9.17, 15) is 9.90 Å². The van der Waals surface area contributed by atoms with Gasteiger partial charge < -0.3 is 20.5 Å². The number of nitrogens with zero attached hydrogens (tertiary/aromatic N) is 1. The number of aromatic carboxylic acids is 1. The van der Waals surface area contributed by atoms with Gasteiger partial charge in [0.25, 0.3) is 0 Å². The highest BCUT2D eigenvalue weighted by Crippen LogP contribution is 2.33. The Kier molecular flexibility index (Phi) is 3.79. The third-order valence-corrected chi connectivity index (χ3v) is 3.09. The number of anilines is 3. The summed E-state index contributed by atoms with van der Waals surface area (Å²) in [4.78, 5) is 13.1. The van der Waals surface area contributed by atoms with Crippen LogP contribution in [0.3, 0.4) is 0 Å². The van der Waals surface area contributed by atoms with Gasteiger partial charge in [-0.05, 0) is 36.4 Å². The number of para-hydroxylation sites is 1. The van der Waals surface area contributed by atoms with Crippen molar-refractivity contribution in [3.8, 4) is 5.75 Å². The van der Waals surface area contributed by atoms with E-state index in [0.717, 1.165) is 11.4 Å². The van der Waals surface area contributed by atoms with E-state index in [1.807, 2.05) is 24.3 Å². The Labute approximate surface area is 117 Å². The van der Waals surface area contributed by atoms with Gasteiger partial charge in [-0.1, -0.05) is 6.07 Å². The molecule has 0 saturated carbocycles. The fourth-order valence-corrected chi connectivity index (χ4v) is 2.04. The lowest BCUT2D eigenvalue weighted by Gasteiger charge is -2.23. The number of carboxylic acids is 1. The van der Waals surface area contributed by atoms with E-state index in [1.54, 1.807) is 31.2 Å². The van der Waals surface area contributed by atoms with Crippen molar-refractivity contribution in [2.24, 2.45) is 0 Å². The molecule has 0 fully saturated rings. The largest absolute Gasteiger partial charge is 0.497 e. The van der Waals surface area contributed by atoms with Crippen molar-refractivity contribution >= 4 is 23.0 Å². The highest BCUT2D eigenvalue weighted by Gasteiger charge is 2.17. The fourth-order valence-electron chi connectivity index (χ4n) is 2.04. The molecule has 0 amide bonds. The molecule has 0 aromatic heterocycles. The van der Waals surface area contributed by atoms with E-state index in [0.29, 0.717) is 11.4 Å². The number of nitrogen functional groups attached to an aromatic ring is 1. The number of carbonyl (C=O) groups is 1. The molecule has 0 aliphatic heterocycles. The summed E-state index contributed by atoms with van der Waals surface area (Å²) in [7, 11) is 3.37. The molecule has 0 atom stereocenters. The summed E-state index contributed by atoms with van der Waals surface area (Å²) in [5.74, 6) is -0.269. The van der Waals surface area contributed by atoms with Crippen molar-refractivity contribution in [2.75, 3.05) is 24.8 Å². The smallest absolute Gasteiger partial charge is 0.337 e. The molecule has 104 valence electrons. The topological polar surface area (TPSA) is 75.8 Å². The molecule has 0 unspecified atom stereocenters. The van der Waals surface area contributed by atoms with Crippen LogP contribution in [-0.2, 0) is 0 Å². The average molecular weight is 272 g/mol. The van der Waals surface area contributed by atoms with Crippen LogP contribution in [0.5, 0.6) is 5.75 Å². The van der Waals surface area contributed by atoms with E-state index in [4.69, 9.17) is 10.5 Å². The molecule has 20 heavy (non-hydrogen) atoms. The third-order valence-electron chi connectivity index (χ3n) is 3.09. The number of hydrogen-bond acceptors (Lipinski definition) is 4. The van der Waals surface area contributed by atoms with Crippen LogP contribution >= 0.6 is 0 Å². The zero-order chi connectivity index (χ0) is 14.7. The van der Waals surface area contributed by atoms with Crippen LogP contribution in [0.25, 0.3) is 0 Å². The van der Waals surface area contributed by atoms with Crippen LogP contribution in [0.4, 0.5) is 17.1 Å². The van der Waals surface area contributed by atoms with Crippen LogP contribution in [0.2, 0.25) is 0 Å². The maximum absolute atomic E-state index is 11.3. The molecular formula is C15H16N2O3. The first-order valence-corrected chi connectivity index (χ1v) is 6.04. The van der Waals surface area contributed by atoms with Crippen molar-refractivity contribution in [3.63, 3.8) is 0 Å². The Morgan fingerprint density at radius 2 is 1.85 bits per heavy atom. The summed E-state index contributed by atoms with van der Waals surface area (Å²) >= 11 is 0. The highest BCUT2D eigenvalue weighted by atomic mass is 16.5. The molecule has 2 aromatic rings. The molecule has 0 aliphatic rings. The van der Waals surface area contributed by atoms with Crippen molar-refractivity contribution in [3.05, 3.63) is 48.0 Å². The maximum atomic E-state index is 11.3. The molecule has 3 N–H and O–H groups in total. The minimum Gasteiger partial charge on any atom is -0.497 e. The molecule has 0 spiro atoms. The van der Waals surface area contributed by atoms with Gasteiger partial charge in [0, 0.05) is 12.7 Å². The van der Waals surface area contributed by atoms with Gasteiger partial charge in [0.1, 0.15) is 5.75 Å². The molecule has 2 aromatic carbocycles. The van der Waals surface area contributed by atoms with Crippen LogP contribution in [0.15, 0.2) is 42.5 Å². The molecule has 0 radical (unpaired) electrons. The molecule has 0 heterocycles. The summed E-state index contributed by atoms with van der Waals surface area (Å²) in [6, 6.07) is 12.2. The number of ether oxygens (including phenoxy) is 1. The first-order chi connectivity index (χ1) is 9.54. The number of methoxy groups -OCH3 is 1. The van der Waals surface area contributed by atoms with E-state index in [1.165, 1.54) is 6.07 Å². The van der Waals surface area contributed by atoms with Gasteiger partial charge in [-0.2, -0.15) is 0 Å². The normalized spacial score (nSPS) is 10.1. The summed E-state index contributed by atoms with van der Waals surface area (Å²) in [6.45, 7) is 0. The minimum atomic E-state index is -1.01. The van der Waals surface area contributed by atoms with Gasteiger partial charge in [-0.15, -0.1) is 0 Å². The Morgan fingerprint density at radius 1 is 1.20 bits per heavy atom. The molecule has 0 aliphatic carbocycles. The van der Waals surface area contributed by atoms with Crippen molar-refractivity contribution in [2.45, 2.75) is 0 Å². The van der Waals surface area contributed by atoms with Gasteiger partial charge in [-0.25, -0.2) is 4.79 Å². The maximum Gasteiger partial charge on any atom is 0.337 e. The fraction of sp³-hybridized carbons (Fsp3) is 0.133. The Bertz CT molecular complexity index is 624. The second-order valence-electron chi connectivity index (χ2n) is 4.31. The van der Waals surface area contributed by atoms with Gasteiger partial charge >= 0.3 is 5.97 Å². The lowest BCUT2D eigenvalue weighted by molar-refractivity contribution is 0.0697. The molecule has 5 nitrogen and oxygen atoms in total. The Morgan fingerprint density at radius 3 is 2.40 bits per heavy atom. The number of rotatable bonds is 4. The first-order valence-electron chi connectivity index (χ1n) is 6.04. The quantitative estimate of drug-likeness (QED) is 0.837. The standard InChI is InChI=1S/C15H16N2O3/c1-17(10-6-8-11(20-2)9-7-10)14-12(15(18)19)4-3-5-13(14)16/h3-9H,16H2,1-2H3,(H,18,19). The zero-order valence-electron chi connectivity index (χ0n) is 11.3. The third kappa shape index (κ3) is 2.51. The van der Waals surface area contributed by atoms with Gasteiger partial charge in [0.05, 0.1) is 24.0 Å². The van der Waals surface area contributed by atoms with E-state index in [2.05, 4.69) is 0 Å². The number of nitrogens with two attached hydrogens (primary N) is 1. The lowest BCUT2D eigenvalue weighted by Crippen LogP contribution is -2.16. The summed E-state index contributed by atoms with van der Waals surface area (Å²) in [5.41, 5.74) is 7.82. The highest BCUT2D eigenvalue weighted by molar-refractivity contribution is 5.99. The number of hydrogen-bond donors (Lipinski definition) is 2.